The Morgan fingerprint density at radius 1 is 1.56 bits per heavy atom. The van der Waals surface area contributed by atoms with E-state index in [1.54, 1.807) is 26.0 Å². The van der Waals surface area contributed by atoms with E-state index in [-0.39, 0.29) is 0 Å². The highest BCUT2D eigenvalue weighted by Gasteiger charge is 2.11. The standard InChI is InChI=1S/C6H13N2O/c1-4-5-6(2,3)8(7)9/h4-5H,7H2,1-3H3/q-1/b5-4-. The summed E-state index contributed by atoms with van der Waals surface area (Å²) in [7, 11) is 0. The van der Waals surface area contributed by atoms with Gasteiger partial charge in [0.1, 0.15) is 0 Å². The van der Waals surface area contributed by atoms with E-state index in [1.165, 1.54) is 0 Å². The molecule has 0 aliphatic carbocycles. The maximum atomic E-state index is 10.5. The molecule has 0 aliphatic heterocycles. The van der Waals surface area contributed by atoms with Crippen molar-refractivity contribution < 1.29 is 0 Å². The second-order valence-electron chi connectivity index (χ2n) is 2.48. The highest BCUT2D eigenvalue weighted by Crippen LogP contribution is 2.09. The average Bonchev–Trinajstić information content (AvgIpc) is 1.65. The van der Waals surface area contributed by atoms with E-state index in [0.717, 1.165) is 0 Å². The van der Waals surface area contributed by atoms with Gasteiger partial charge in [-0.05, 0) is 20.8 Å². The molecule has 54 valence electrons. The molecule has 0 saturated heterocycles. The summed E-state index contributed by atoms with van der Waals surface area (Å²) in [4.78, 5) is 0. The van der Waals surface area contributed by atoms with Crippen LogP contribution >= 0.6 is 0 Å². The summed E-state index contributed by atoms with van der Waals surface area (Å²) in [6, 6.07) is 0. The minimum absolute atomic E-state index is 0.438. The number of nitrogens with zero attached hydrogens (tertiary/aromatic N) is 1. The molecule has 0 aromatic heterocycles. The molecule has 0 aliphatic rings. The maximum Gasteiger partial charge on any atom is 0.0341 e. The highest BCUT2D eigenvalue weighted by molar-refractivity contribution is 4.99. The lowest BCUT2D eigenvalue weighted by atomic mass is 10.1. The zero-order valence-electron chi connectivity index (χ0n) is 6.09. The second-order valence-corrected chi connectivity index (χ2v) is 2.48. The summed E-state index contributed by atoms with van der Waals surface area (Å²) in [6.07, 6.45) is 3.55. The van der Waals surface area contributed by atoms with Crippen molar-refractivity contribution in [3.05, 3.63) is 17.4 Å². The van der Waals surface area contributed by atoms with Crippen molar-refractivity contribution in [1.82, 2.24) is 5.17 Å². The molecule has 0 saturated carbocycles. The van der Waals surface area contributed by atoms with Gasteiger partial charge >= 0.3 is 0 Å². The van der Waals surface area contributed by atoms with Crippen molar-refractivity contribution in [2.45, 2.75) is 26.3 Å². The Balaban J connectivity index is 4.01. The van der Waals surface area contributed by atoms with Gasteiger partial charge in [0, 0.05) is 5.54 Å². The van der Waals surface area contributed by atoms with Crippen LogP contribution in [0.2, 0.25) is 0 Å². The van der Waals surface area contributed by atoms with Gasteiger partial charge in [0.2, 0.25) is 0 Å². The van der Waals surface area contributed by atoms with Crippen LogP contribution in [0.4, 0.5) is 0 Å². The van der Waals surface area contributed by atoms with Crippen molar-refractivity contribution in [2.24, 2.45) is 5.84 Å². The van der Waals surface area contributed by atoms with Gasteiger partial charge in [0.15, 0.2) is 0 Å². The minimum Gasteiger partial charge on any atom is -0.771 e. The third-order valence-electron chi connectivity index (χ3n) is 1.14. The SMILES string of the molecule is C/C=C\C(C)(C)N(N)[O-]. The molecule has 9 heavy (non-hydrogen) atoms. The number of hydroxylamine groups is 1. The Labute approximate surface area is 55.7 Å². The van der Waals surface area contributed by atoms with Crippen LogP contribution in [0.15, 0.2) is 12.2 Å². The molecule has 2 N–H and O–H groups in total. The number of hydrazine groups is 1. The zero-order valence-corrected chi connectivity index (χ0v) is 6.09. The Kier molecular flexibility index (Phi) is 2.84. The highest BCUT2D eigenvalue weighted by atomic mass is 16.5. The van der Waals surface area contributed by atoms with Crippen molar-refractivity contribution >= 4 is 0 Å². The van der Waals surface area contributed by atoms with Crippen LogP contribution in [0.3, 0.4) is 0 Å². The molecule has 0 aromatic carbocycles. The maximum absolute atomic E-state index is 10.5. The van der Waals surface area contributed by atoms with Gasteiger partial charge in [-0.1, -0.05) is 12.2 Å². The van der Waals surface area contributed by atoms with Crippen molar-refractivity contribution in [3.8, 4) is 0 Å². The van der Waals surface area contributed by atoms with E-state index in [0.29, 0.717) is 5.17 Å². The number of allylic oxidation sites excluding steroid dienone is 1. The first-order valence-electron chi connectivity index (χ1n) is 2.86. The Bertz CT molecular complexity index is 108. The topological polar surface area (TPSA) is 52.3 Å². The average molecular weight is 129 g/mol. The van der Waals surface area contributed by atoms with E-state index in [4.69, 9.17) is 5.84 Å². The summed E-state index contributed by atoms with van der Waals surface area (Å²) in [5, 5.41) is 10.9. The number of hydrogen-bond acceptors (Lipinski definition) is 3. The fraction of sp³-hybridized carbons (Fsp3) is 0.667. The molecule has 0 rings (SSSR count). The predicted molar refractivity (Wildman–Crippen MR) is 38.3 cm³/mol. The van der Waals surface area contributed by atoms with Crippen LogP contribution in [-0.4, -0.2) is 10.7 Å². The molecule has 0 radical (unpaired) electrons. The lowest BCUT2D eigenvalue weighted by Crippen LogP contribution is -2.42. The lowest BCUT2D eigenvalue weighted by molar-refractivity contribution is 0.244. The molecular weight excluding hydrogens is 116 g/mol. The normalized spacial score (nSPS) is 13.6. The van der Waals surface area contributed by atoms with Crippen molar-refractivity contribution in [1.29, 1.82) is 0 Å². The molecule has 0 heterocycles. The molecule has 0 fully saturated rings. The molecule has 3 heteroatoms. The van der Waals surface area contributed by atoms with Crippen LogP contribution in [0.1, 0.15) is 20.8 Å². The van der Waals surface area contributed by atoms with Gasteiger partial charge in [-0.25, -0.2) is 0 Å². The lowest BCUT2D eigenvalue weighted by Gasteiger charge is -2.37. The number of nitrogens with two attached hydrogens (primary N) is 1. The summed E-state index contributed by atoms with van der Waals surface area (Å²) in [6.45, 7) is 5.35. The van der Waals surface area contributed by atoms with E-state index in [9.17, 15) is 5.21 Å². The van der Waals surface area contributed by atoms with E-state index >= 15 is 0 Å². The first-order valence-corrected chi connectivity index (χ1v) is 2.86. The quantitative estimate of drug-likeness (QED) is 0.344. The molecule has 0 bridgehead atoms. The van der Waals surface area contributed by atoms with Crippen LogP contribution in [0.25, 0.3) is 0 Å². The smallest absolute Gasteiger partial charge is 0.0341 e. The monoisotopic (exact) mass is 129 g/mol. The van der Waals surface area contributed by atoms with Gasteiger partial charge in [-0.15, -0.1) is 0 Å². The zero-order chi connectivity index (χ0) is 7.49. The van der Waals surface area contributed by atoms with Gasteiger partial charge in [-0.3, -0.25) is 5.84 Å². The van der Waals surface area contributed by atoms with Crippen LogP contribution in [0, 0.1) is 5.21 Å². The summed E-state index contributed by atoms with van der Waals surface area (Å²) < 4.78 is 0. The molecule has 0 aromatic rings. The minimum atomic E-state index is -0.575. The third kappa shape index (κ3) is 2.60. The van der Waals surface area contributed by atoms with E-state index in [1.807, 2.05) is 6.92 Å². The first-order chi connectivity index (χ1) is 4.00. The van der Waals surface area contributed by atoms with Gasteiger partial charge in [-0.2, -0.15) is 0 Å². The number of hydrogen-bond donors (Lipinski definition) is 1. The largest absolute Gasteiger partial charge is 0.771 e. The van der Waals surface area contributed by atoms with Crippen LogP contribution in [-0.2, 0) is 0 Å². The first kappa shape index (κ1) is 8.62. The van der Waals surface area contributed by atoms with Gasteiger partial charge < -0.3 is 10.4 Å². The Morgan fingerprint density at radius 3 is 2.11 bits per heavy atom. The molecule has 0 spiro atoms. The second kappa shape index (κ2) is 2.96. The molecular formula is C6H13N2O-. The molecule has 0 amide bonds. The summed E-state index contributed by atoms with van der Waals surface area (Å²) >= 11 is 0. The molecule has 0 unspecified atom stereocenters. The Hall–Kier alpha value is -0.380. The van der Waals surface area contributed by atoms with Gasteiger partial charge in [0.25, 0.3) is 0 Å². The van der Waals surface area contributed by atoms with Crippen LogP contribution in [0.5, 0.6) is 0 Å². The fourth-order valence-electron chi connectivity index (χ4n) is 0.481. The van der Waals surface area contributed by atoms with E-state index < -0.39 is 5.54 Å². The van der Waals surface area contributed by atoms with Crippen molar-refractivity contribution in [2.75, 3.05) is 0 Å². The predicted octanol–water partition coefficient (Wildman–Crippen LogP) is 1.01. The van der Waals surface area contributed by atoms with Crippen molar-refractivity contribution in [3.63, 3.8) is 0 Å². The molecule has 0 atom stereocenters. The fourth-order valence-corrected chi connectivity index (χ4v) is 0.481. The third-order valence-corrected chi connectivity index (χ3v) is 1.14. The van der Waals surface area contributed by atoms with Gasteiger partial charge in [0.05, 0.1) is 0 Å². The summed E-state index contributed by atoms with van der Waals surface area (Å²) in [5.41, 5.74) is -0.575. The van der Waals surface area contributed by atoms with E-state index in [2.05, 4.69) is 0 Å². The number of rotatable bonds is 2. The Morgan fingerprint density at radius 2 is 2.00 bits per heavy atom. The molecule has 3 nitrogen and oxygen atoms in total. The van der Waals surface area contributed by atoms with Crippen LogP contribution < -0.4 is 5.84 Å². The summed E-state index contributed by atoms with van der Waals surface area (Å²) in [5.74, 6) is 4.98.